The minimum atomic E-state index is -0.180. The smallest absolute Gasteiger partial charge is 0.239 e. The van der Waals surface area contributed by atoms with Gasteiger partial charge in [0.25, 0.3) is 0 Å². The lowest BCUT2D eigenvalue weighted by Gasteiger charge is -2.32. The van der Waals surface area contributed by atoms with Crippen LogP contribution in [0.5, 0.6) is 0 Å². The van der Waals surface area contributed by atoms with E-state index in [0.717, 1.165) is 32.2 Å². The minimum absolute atomic E-state index is 0.0136. The van der Waals surface area contributed by atoms with Crippen LogP contribution in [0.2, 0.25) is 0 Å². The lowest BCUT2D eigenvalue weighted by molar-refractivity contribution is -0.137. The highest BCUT2D eigenvalue weighted by atomic mass is 16.2. The van der Waals surface area contributed by atoms with Gasteiger partial charge in [0.15, 0.2) is 0 Å². The zero-order chi connectivity index (χ0) is 14.5. The second-order valence-corrected chi connectivity index (χ2v) is 5.57. The average Bonchev–Trinajstić information content (AvgIpc) is 3.29. The molecule has 2 rings (SSSR count). The Hall–Kier alpha value is -1.59. The largest absolute Gasteiger partial charge is 0.355 e. The van der Waals surface area contributed by atoms with Crippen molar-refractivity contribution in [3.63, 3.8) is 0 Å². The van der Waals surface area contributed by atoms with Crippen LogP contribution in [0, 0.1) is 11.8 Å². The number of hydrogen-bond acceptors (Lipinski definition) is 3. The maximum Gasteiger partial charge on any atom is 0.239 e. The summed E-state index contributed by atoms with van der Waals surface area (Å²) in [5.41, 5.74) is 0. The summed E-state index contributed by atoms with van der Waals surface area (Å²) in [5.74, 6) is -0.0774. The van der Waals surface area contributed by atoms with Crippen LogP contribution in [0.3, 0.4) is 0 Å². The highest BCUT2D eigenvalue weighted by molar-refractivity contribution is 5.87. The lowest BCUT2D eigenvalue weighted by atomic mass is 9.96. The molecule has 1 saturated carbocycles. The van der Waals surface area contributed by atoms with Crippen LogP contribution in [-0.4, -0.2) is 48.8 Å². The Morgan fingerprint density at radius 3 is 2.50 bits per heavy atom. The summed E-state index contributed by atoms with van der Waals surface area (Å²) in [6.45, 7) is 3.66. The topological polar surface area (TPSA) is 78.5 Å². The molecule has 1 unspecified atom stereocenters. The molecule has 0 spiro atoms. The van der Waals surface area contributed by atoms with Crippen LogP contribution >= 0.6 is 0 Å². The van der Waals surface area contributed by atoms with E-state index in [9.17, 15) is 14.4 Å². The molecular weight excluding hydrogens is 258 g/mol. The fraction of sp³-hybridized carbons (Fsp3) is 0.786. The fourth-order valence-corrected chi connectivity index (χ4v) is 2.55. The summed E-state index contributed by atoms with van der Waals surface area (Å²) in [5, 5.41) is 5.29. The Labute approximate surface area is 119 Å². The number of rotatable bonds is 5. The van der Waals surface area contributed by atoms with Gasteiger partial charge < -0.3 is 15.5 Å². The summed E-state index contributed by atoms with van der Waals surface area (Å²) in [6.07, 6.45) is 3.63. The number of hydrogen-bond donors (Lipinski definition) is 2. The molecule has 112 valence electrons. The molecule has 1 aliphatic heterocycles. The molecule has 0 aromatic heterocycles. The molecule has 0 radical (unpaired) electrons. The first-order valence-electron chi connectivity index (χ1n) is 7.45. The van der Waals surface area contributed by atoms with Crippen molar-refractivity contribution >= 4 is 17.7 Å². The van der Waals surface area contributed by atoms with Crippen molar-refractivity contribution < 1.29 is 14.4 Å². The first-order chi connectivity index (χ1) is 9.61. The van der Waals surface area contributed by atoms with Gasteiger partial charge in [-0.15, -0.1) is 0 Å². The molecule has 6 heteroatoms. The Bertz CT molecular complexity index is 393. The maximum absolute atomic E-state index is 12.0. The first kappa shape index (κ1) is 14.8. The Kier molecular flexibility index (Phi) is 4.98. The number of likely N-dealkylation sites (tertiary alicyclic amines) is 1. The van der Waals surface area contributed by atoms with Gasteiger partial charge in [-0.3, -0.25) is 14.4 Å². The first-order valence-corrected chi connectivity index (χ1v) is 7.45. The van der Waals surface area contributed by atoms with E-state index >= 15 is 0 Å². The summed E-state index contributed by atoms with van der Waals surface area (Å²) in [6, 6.07) is 0. The van der Waals surface area contributed by atoms with Crippen LogP contribution in [-0.2, 0) is 14.4 Å². The molecule has 1 heterocycles. The molecule has 1 saturated heterocycles. The van der Waals surface area contributed by atoms with Gasteiger partial charge in [0.1, 0.15) is 0 Å². The van der Waals surface area contributed by atoms with Gasteiger partial charge >= 0.3 is 0 Å². The SMILES string of the molecule is CCNC(=O)CNC(=O)C1CCCN(C(=O)C2CC2)C1. The minimum Gasteiger partial charge on any atom is -0.355 e. The highest BCUT2D eigenvalue weighted by Gasteiger charge is 2.36. The number of nitrogens with zero attached hydrogens (tertiary/aromatic N) is 1. The van der Waals surface area contributed by atoms with Crippen molar-refractivity contribution in [1.29, 1.82) is 0 Å². The molecule has 0 bridgehead atoms. The summed E-state index contributed by atoms with van der Waals surface area (Å²) >= 11 is 0. The summed E-state index contributed by atoms with van der Waals surface area (Å²) < 4.78 is 0. The van der Waals surface area contributed by atoms with Crippen LogP contribution in [0.4, 0.5) is 0 Å². The third-order valence-corrected chi connectivity index (χ3v) is 3.83. The highest BCUT2D eigenvalue weighted by Crippen LogP contribution is 2.32. The van der Waals surface area contributed by atoms with Crippen LogP contribution < -0.4 is 10.6 Å². The number of nitrogens with one attached hydrogen (secondary N) is 2. The van der Waals surface area contributed by atoms with Gasteiger partial charge in [-0.05, 0) is 32.6 Å². The number of likely N-dealkylation sites (N-methyl/N-ethyl adjacent to an activating group) is 1. The van der Waals surface area contributed by atoms with Crippen molar-refractivity contribution in [2.75, 3.05) is 26.2 Å². The van der Waals surface area contributed by atoms with E-state index in [2.05, 4.69) is 10.6 Å². The van der Waals surface area contributed by atoms with E-state index in [1.54, 1.807) is 0 Å². The van der Waals surface area contributed by atoms with Gasteiger partial charge in [0.2, 0.25) is 17.7 Å². The fourth-order valence-electron chi connectivity index (χ4n) is 2.55. The number of piperidine rings is 1. The quantitative estimate of drug-likeness (QED) is 0.738. The maximum atomic E-state index is 12.0. The summed E-state index contributed by atoms with van der Waals surface area (Å²) in [7, 11) is 0. The second kappa shape index (κ2) is 6.72. The van der Waals surface area contributed by atoms with Crippen molar-refractivity contribution in [2.24, 2.45) is 11.8 Å². The number of carbonyl (C=O) groups is 3. The van der Waals surface area contributed by atoms with Gasteiger partial charge in [-0.25, -0.2) is 0 Å². The molecule has 20 heavy (non-hydrogen) atoms. The molecule has 0 aromatic carbocycles. The van der Waals surface area contributed by atoms with Crippen molar-refractivity contribution in [2.45, 2.75) is 32.6 Å². The van der Waals surface area contributed by atoms with Crippen molar-refractivity contribution in [3.8, 4) is 0 Å². The molecule has 2 fully saturated rings. The van der Waals surface area contributed by atoms with Crippen LogP contribution in [0.25, 0.3) is 0 Å². The molecule has 1 atom stereocenters. The van der Waals surface area contributed by atoms with Gasteiger partial charge in [-0.1, -0.05) is 0 Å². The molecule has 3 amide bonds. The normalized spacial score (nSPS) is 22.2. The lowest BCUT2D eigenvalue weighted by Crippen LogP contribution is -2.47. The monoisotopic (exact) mass is 281 g/mol. The predicted octanol–water partition coefficient (Wildman–Crippen LogP) is -0.113. The van der Waals surface area contributed by atoms with E-state index in [1.165, 1.54) is 0 Å². The van der Waals surface area contributed by atoms with Crippen LogP contribution in [0.15, 0.2) is 0 Å². The number of amides is 3. The predicted molar refractivity (Wildman–Crippen MR) is 73.7 cm³/mol. The van der Waals surface area contributed by atoms with Crippen LogP contribution in [0.1, 0.15) is 32.6 Å². The molecular formula is C14H23N3O3. The van der Waals surface area contributed by atoms with E-state index in [-0.39, 0.29) is 36.1 Å². The zero-order valence-electron chi connectivity index (χ0n) is 12.0. The van der Waals surface area contributed by atoms with E-state index < -0.39 is 0 Å². The van der Waals surface area contributed by atoms with Crippen molar-refractivity contribution in [3.05, 3.63) is 0 Å². The Morgan fingerprint density at radius 2 is 1.85 bits per heavy atom. The average molecular weight is 281 g/mol. The van der Waals surface area contributed by atoms with Gasteiger partial charge in [0.05, 0.1) is 12.5 Å². The van der Waals surface area contributed by atoms with Gasteiger partial charge in [-0.2, -0.15) is 0 Å². The standard InChI is InChI=1S/C14H23N3O3/c1-2-15-12(18)8-16-13(19)11-4-3-7-17(9-11)14(20)10-5-6-10/h10-11H,2-9H2,1H3,(H,15,18)(H,16,19). The third-order valence-electron chi connectivity index (χ3n) is 3.83. The Morgan fingerprint density at radius 1 is 1.10 bits per heavy atom. The Balaban J connectivity index is 1.77. The summed E-state index contributed by atoms with van der Waals surface area (Å²) in [4.78, 5) is 37.2. The second-order valence-electron chi connectivity index (χ2n) is 5.57. The van der Waals surface area contributed by atoms with E-state index in [1.807, 2.05) is 11.8 Å². The van der Waals surface area contributed by atoms with E-state index in [0.29, 0.717) is 13.1 Å². The molecule has 2 N–H and O–H groups in total. The van der Waals surface area contributed by atoms with Gasteiger partial charge in [0, 0.05) is 25.6 Å². The molecule has 0 aromatic rings. The zero-order valence-corrected chi connectivity index (χ0v) is 12.0. The molecule has 6 nitrogen and oxygen atoms in total. The number of carbonyl (C=O) groups excluding carboxylic acids is 3. The van der Waals surface area contributed by atoms with Crippen molar-refractivity contribution in [1.82, 2.24) is 15.5 Å². The molecule has 1 aliphatic carbocycles. The van der Waals surface area contributed by atoms with E-state index in [4.69, 9.17) is 0 Å². The molecule has 2 aliphatic rings. The third kappa shape index (κ3) is 3.95.